The number of oxime groups is 1. The molecule has 0 unspecified atom stereocenters. The average Bonchev–Trinajstić information content (AvgIpc) is 3.36. The molecule has 0 bridgehead atoms. The molecule has 2 aliphatic rings. The third-order valence-electron chi connectivity index (χ3n) is 4.32. The van der Waals surface area contributed by atoms with Gasteiger partial charge in [0.2, 0.25) is 12.9 Å². The zero-order chi connectivity index (χ0) is 18.8. The van der Waals surface area contributed by atoms with Crippen LogP contribution in [-0.2, 0) is 9.63 Å². The molecule has 2 aliphatic heterocycles. The van der Waals surface area contributed by atoms with E-state index >= 15 is 0 Å². The van der Waals surface area contributed by atoms with E-state index in [-0.39, 0.29) is 12.7 Å². The highest BCUT2D eigenvalue weighted by Crippen LogP contribution is 2.34. The normalized spacial score (nSPS) is 17.1. The van der Waals surface area contributed by atoms with Crippen molar-refractivity contribution in [1.82, 2.24) is 0 Å². The number of carbonyl (C=O) groups is 1. The molecule has 1 amide bonds. The molecule has 1 atom stereocenters. The number of methoxy groups -OCH3 is 2. The Morgan fingerprint density at radius 1 is 1.07 bits per heavy atom. The van der Waals surface area contributed by atoms with Crippen molar-refractivity contribution in [2.75, 3.05) is 26.3 Å². The molecule has 0 fully saturated rings. The maximum absolute atomic E-state index is 12.5. The molecule has 0 radical (unpaired) electrons. The van der Waals surface area contributed by atoms with Crippen LogP contribution in [0.4, 0.5) is 5.69 Å². The number of ether oxygens (including phenoxy) is 4. The fourth-order valence-electron chi connectivity index (χ4n) is 2.90. The maximum atomic E-state index is 12.5. The van der Waals surface area contributed by atoms with Crippen LogP contribution in [0.2, 0.25) is 0 Å². The monoisotopic (exact) mass is 370 g/mol. The molecule has 27 heavy (non-hydrogen) atoms. The molecule has 0 aromatic heterocycles. The van der Waals surface area contributed by atoms with Gasteiger partial charge in [-0.3, -0.25) is 4.79 Å². The molecule has 2 aromatic carbocycles. The molecule has 4 rings (SSSR count). The van der Waals surface area contributed by atoms with E-state index in [9.17, 15) is 4.79 Å². The first-order valence-corrected chi connectivity index (χ1v) is 8.33. The average molecular weight is 370 g/mol. The Kier molecular flexibility index (Phi) is 4.45. The molecular formula is C19H18N2O6. The van der Waals surface area contributed by atoms with Crippen molar-refractivity contribution in [3.05, 3.63) is 42.0 Å². The van der Waals surface area contributed by atoms with Gasteiger partial charge >= 0.3 is 0 Å². The Morgan fingerprint density at radius 3 is 2.70 bits per heavy atom. The van der Waals surface area contributed by atoms with Gasteiger partial charge in [0.05, 0.1) is 19.9 Å². The van der Waals surface area contributed by atoms with Gasteiger partial charge in [-0.25, -0.2) is 0 Å². The predicted molar refractivity (Wildman–Crippen MR) is 96.8 cm³/mol. The van der Waals surface area contributed by atoms with Crippen LogP contribution in [0, 0.1) is 0 Å². The number of benzene rings is 2. The summed E-state index contributed by atoms with van der Waals surface area (Å²) >= 11 is 0. The van der Waals surface area contributed by atoms with Crippen molar-refractivity contribution < 1.29 is 28.6 Å². The highest BCUT2D eigenvalue weighted by Gasteiger charge is 2.29. The number of nitrogens with one attached hydrogen (secondary N) is 1. The quantitative estimate of drug-likeness (QED) is 0.870. The molecule has 140 valence electrons. The zero-order valence-electron chi connectivity index (χ0n) is 14.9. The van der Waals surface area contributed by atoms with Gasteiger partial charge in [-0.15, -0.1) is 0 Å². The molecule has 8 nitrogen and oxygen atoms in total. The highest BCUT2D eigenvalue weighted by molar-refractivity contribution is 6.06. The van der Waals surface area contributed by atoms with Crippen LogP contribution in [-0.4, -0.2) is 38.7 Å². The second kappa shape index (κ2) is 7.06. The molecule has 2 heterocycles. The van der Waals surface area contributed by atoms with E-state index in [1.807, 2.05) is 6.07 Å². The highest BCUT2D eigenvalue weighted by atomic mass is 16.7. The lowest BCUT2D eigenvalue weighted by Crippen LogP contribution is -2.28. The number of anilines is 1. The van der Waals surface area contributed by atoms with Crippen LogP contribution in [0.5, 0.6) is 23.0 Å². The molecule has 0 aliphatic carbocycles. The molecule has 8 heteroatoms. The number of nitrogens with zero attached hydrogens (tertiary/aromatic N) is 1. The fraction of sp³-hybridized carbons (Fsp3) is 0.263. The number of fused-ring (bicyclic) bond motifs is 1. The summed E-state index contributed by atoms with van der Waals surface area (Å²) in [6, 6.07) is 10.7. The van der Waals surface area contributed by atoms with Crippen LogP contribution in [0.15, 0.2) is 41.6 Å². The summed E-state index contributed by atoms with van der Waals surface area (Å²) in [4.78, 5) is 17.8. The van der Waals surface area contributed by atoms with E-state index < -0.39 is 6.10 Å². The summed E-state index contributed by atoms with van der Waals surface area (Å²) in [5, 5.41) is 6.86. The predicted octanol–water partition coefficient (Wildman–Crippen LogP) is 2.56. The number of carbonyl (C=O) groups excluding carboxylic acids is 1. The summed E-state index contributed by atoms with van der Waals surface area (Å²) in [7, 11) is 3.14. The number of amides is 1. The van der Waals surface area contributed by atoms with E-state index in [1.165, 1.54) is 0 Å². The van der Waals surface area contributed by atoms with Gasteiger partial charge in [0.1, 0.15) is 0 Å². The van der Waals surface area contributed by atoms with E-state index in [0.29, 0.717) is 40.8 Å². The summed E-state index contributed by atoms with van der Waals surface area (Å²) in [6.45, 7) is 0.182. The van der Waals surface area contributed by atoms with Crippen LogP contribution in [0.3, 0.4) is 0 Å². The van der Waals surface area contributed by atoms with Crippen LogP contribution < -0.4 is 24.3 Å². The molecule has 0 saturated carbocycles. The van der Waals surface area contributed by atoms with Gasteiger partial charge in [0.25, 0.3) is 5.91 Å². The largest absolute Gasteiger partial charge is 0.493 e. The maximum Gasteiger partial charge on any atom is 0.268 e. The van der Waals surface area contributed by atoms with Crippen LogP contribution >= 0.6 is 0 Å². The lowest BCUT2D eigenvalue weighted by atomic mass is 10.0. The van der Waals surface area contributed by atoms with E-state index in [1.54, 1.807) is 44.6 Å². The first-order chi connectivity index (χ1) is 13.2. The SMILES string of the molecule is COc1ccc(C2=NO[C@@H](C(=O)Nc3ccc4c(c3)OCO4)C2)cc1OC. The minimum Gasteiger partial charge on any atom is -0.493 e. The molecule has 0 saturated heterocycles. The Labute approximate surface area is 155 Å². The van der Waals surface area contributed by atoms with Gasteiger partial charge < -0.3 is 29.1 Å². The van der Waals surface area contributed by atoms with Gasteiger partial charge in [-0.1, -0.05) is 5.16 Å². The first-order valence-electron chi connectivity index (χ1n) is 8.33. The van der Waals surface area contributed by atoms with E-state index in [2.05, 4.69) is 10.5 Å². The van der Waals surface area contributed by atoms with Crippen molar-refractivity contribution >= 4 is 17.3 Å². The zero-order valence-corrected chi connectivity index (χ0v) is 14.9. The first kappa shape index (κ1) is 17.0. The van der Waals surface area contributed by atoms with Gasteiger partial charge in [0, 0.05) is 23.7 Å². The van der Waals surface area contributed by atoms with Gasteiger partial charge in [-0.05, 0) is 30.3 Å². The fourth-order valence-corrected chi connectivity index (χ4v) is 2.90. The minimum absolute atomic E-state index is 0.182. The van der Waals surface area contributed by atoms with Crippen LogP contribution in [0.25, 0.3) is 0 Å². The lowest BCUT2D eigenvalue weighted by molar-refractivity contribution is -0.125. The minimum atomic E-state index is -0.710. The van der Waals surface area contributed by atoms with Crippen LogP contribution in [0.1, 0.15) is 12.0 Å². The van der Waals surface area contributed by atoms with Crippen molar-refractivity contribution in [2.45, 2.75) is 12.5 Å². The lowest BCUT2D eigenvalue weighted by Gasteiger charge is -2.10. The molecule has 1 N–H and O–H groups in total. The summed E-state index contributed by atoms with van der Waals surface area (Å²) in [6.07, 6.45) is -0.357. The Morgan fingerprint density at radius 2 is 1.89 bits per heavy atom. The Bertz CT molecular complexity index is 911. The van der Waals surface area contributed by atoms with Crippen molar-refractivity contribution in [3.8, 4) is 23.0 Å². The molecular weight excluding hydrogens is 352 g/mol. The third-order valence-corrected chi connectivity index (χ3v) is 4.32. The molecule has 0 spiro atoms. The standard InChI is InChI=1S/C19H18N2O6/c1-23-14-5-3-11(7-16(14)24-2)13-9-18(27-21-13)19(22)20-12-4-6-15-17(8-12)26-10-25-15/h3-8,18H,9-10H2,1-2H3,(H,20,22)/t18-/m1/s1. The molecule has 2 aromatic rings. The second-order valence-electron chi connectivity index (χ2n) is 5.96. The van der Waals surface area contributed by atoms with Gasteiger partial charge in [-0.2, -0.15) is 0 Å². The van der Waals surface area contributed by atoms with E-state index in [0.717, 1.165) is 5.56 Å². The summed E-state index contributed by atoms with van der Waals surface area (Å²) < 4.78 is 21.1. The van der Waals surface area contributed by atoms with Crippen molar-refractivity contribution in [3.63, 3.8) is 0 Å². The topological polar surface area (TPSA) is 87.6 Å². The summed E-state index contributed by atoms with van der Waals surface area (Å²) in [5.41, 5.74) is 2.08. The summed E-state index contributed by atoms with van der Waals surface area (Å²) in [5.74, 6) is 2.18. The Hall–Kier alpha value is -3.42. The third kappa shape index (κ3) is 3.33. The Balaban J connectivity index is 1.42. The van der Waals surface area contributed by atoms with Crippen molar-refractivity contribution in [2.24, 2.45) is 5.16 Å². The van der Waals surface area contributed by atoms with Gasteiger partial charge in [0.15, 0.2) is 23.0 Å². The van der Waals surface area contributed by atoms with Crippen molar-refractivity contribution in [1.29, 1.82) is 0 Å². The van der Waals surface area contributed by atoms with E-state index in [4.69, 9.17) is 23.8 Å². The number of hydrogen-bond donors (Lipinski definition) is 1. The smallest absolute Gasteiger partial charge is 0.268 e. The number of hydrogen-bond acceptors (Lipinski definition) is 7. The number of rotatable bonds is 5. The second-order valence-corrected chi connectivity index (χ2v) is 5.96.